The van der Waals surface area contributed by atoms with Crippen molar-refractivity contribution in [1.82, 2.24) is 0 Å². The summed E-state index contributed by atoms with van der Waals surface area (Å²) in [4.78, 5) is 4.24. The van der Waals surface area contributed by atoms with Gasteiger partial charge in [0.25, 0.3) is 3.79 Å². The van der Waals surface area contributed by atoms with Gasteiger partial charge in [0.1, 0.15) is 11.9 Å². The zero-order chi connectivity index (χ0) is 14.8. The topological polar surface area (TPSA) is 30.8 Å². The number of ether oxygens (including phenoxy) is 2. The molecule has 6 heteroatoms. The molecule has 0 fully saturated rings. The largest absolute Gasteiger partial charge is 0.497 e. The first-order valence-electron chi connectivity index (χ1n) is 6.02. The van der Waals surface area contributed by atoms with Crippen molar-refractivity contribution >= 4 is 40.7 Å². The lowest BCUT2D eigenvalue weighted by Crippen LogP contribution is -2.31. The van der Waals surface area contributed by atoms with Crippen LogP contribution < -0.4 is 4.74 Å². The molecule has 1 aromatic carbocycles. The molecule has 1 heterocycles. The van der Waals surface area contributed by atoms with Gasteiger partial charge in [-0.05, 0) is 17.7 Å². The van der Waals surface area contributed by atoms with E-state index in [4.69, 9.17) is 44.3 Å². The van der Waals surface area contributed by atoms with E-state index in [0.717, 1.165) is 11.3 Å². The van der Waals surface area contributed by atoms with Crippen LogP contribution in [-0.4, -0.2) is 22.8 Å². The van der Waals surface area contributed by atoms with Crippen LogP contribution >= 0.6 is 34.8 Å². The van der Waals surface area contributed by atoms with Crippen LogP contribution in [0.5, 0.6) is 5.75 Å². The summed E-state index contributed by atoms with van der Waals surface area (Å²) in [6, 6.07) is 7.44. The zero-order valence-corrected chi connectivity index (χ0v) is 13.1. The summed E-state index contributed by atoms with van der Waals surface area (Å²) in [5.74, 6) is 0.839. The smallest absolute Gasteiger partial charge is 0.266 e. The van der Waals surface area contributed by atoms with Crippen molar-refractivity contribution < 1.29 is 9.47 Å². The highest BCUT2D eigenvalue weighted by atomic mass is 35.6. The monoisotopic (exact) mass is 333 g/mol. The highest BCUT2D eigenvalue weighted by Crippen LogP contribution is 2.37. The van der Waals surface area contributed by atoms with E-state index < -0.39 is 3.79 Å². The van der Waals surface area contributed by atoms with Crippen LogP contribution in [0.1, 0.15) is 18.1 Å². The van der Waals surface area contributed by atoms with Gasteiger partial charge in [0.05, 0.1) is 13.2 Å². The van der Waals surface area contributed by atoms with Crippen molar-refractivity contribution in [3.63, 3.8) is 0 Å². The lowest BCUT2D eigenvalue weighted by Gasteiger charge is -2.30. The van der Waals surface area contributed by atoms with Gasteiger partial charge in [-0.25, -0.2) is 4.99 Å². The van der Waals surface area contributed by atoms with E-state index in [1.807, 2.05) is 24.3 Å². The average Bonchev–Trinajstić information content (AvgIpc) is 2.46. The van der Waals surface area contributed by atoms with Crippen molar-refractivity contribution in [2.45, 2.75) is 22.4 Å². The predicted octanol–water partition coefficient (Wildman–Crippen LogP) is 4.48. The minimum atomic E-state index is -1.68. The van der Waals surface area contributed by atoms with Gasteiger partial charge in [0.2, 0.25) is 5.90 Å². The summed E-state index contributed by atoms with van der Waals surface area (Å²) in [5.41, 5.74) is 0.942. The Balaban J connectivity index is 2.29. The molecular formula is C14H14Cl3NO2. The highest BCUT2D eigenvalue weighted by molar-refractivity contribution is 6.76. The molecule has 0 spiro atoms. The molecule has 3 nitrogen and oxygen atoms in total. The van der Waals surface area contributed by atoms with Crippen LogP contribution in [0.15, 0.2) is 41.9 Å². The maximum Gasteiger partial charge on any atom is 0.266 e. The van der Waals surface area contributed by atoms with Gasteiger partial charge in [0, 0.05) is 6.42 Å². The van der Waals surface area contributed by atoms with Crippen LogP contribution in [0.4, 0.5) is 0 Å². The number of hydrogen-bond acceptors (Lipinski definition) is 3. The van der Waals surface area contributed by atoms with Crippen molar-refractivity contribution in [2.24, 2.45) is 4.99 Å². The molecule has 0 aromatic heterocycles. The number of rotatable bonds is 3. The van der Waals surface area contributed by atoms with Gasteiger partial charge in [-0.15, -0.1) is 6.58 Å². The minimum absolute atomic E-state index is 0.0893. The molecule has 1 aliphatic heterocycles. The fraction of sp³-hybridized carbons (Fsp3) is 0.357. The third kappa shape index (κ3) is 3.60. The second-order valence-electron chi connectivity index (χ2n) is 4.35. The molecule has 2 unspecified atom stereocenters. The number of alkyl halides is 3. The Labute approximate surface area is 133 Å². The van der Waals surface area contributed by atoms with Gasteiger partial charge in [0.15, 0.2) is 0 Å². The number of benzene rings is 1. The first kappa shape index (κ1) is 15.5. The van der Waals surface area contributed by atoms with E-state index >= 15 is 0 Å². The predicted molar refractivity (Wildman–Crippen MR) is 83.1 cm³/mol. The van der Waals surface area contributed by atoms with Crippen molar-refractivity contribution in [2.75, 3.05) is 7.11 Å². The summed E-state index contributed by atoms with van der Waals surface area (Å²) in [6.45, 7) is 3.75. The molecule has 0 saturated carbocycles. The molecular weight excluding hydrogens is 321 g/mol. The van der Waals surface area contributed by atoms with Gasteiger partial charge in [-0.2, -0.15) is 0 Å². The highest BCUT2D eigenvalue weighted by Gasteiger charge is 2.36. The van der Waals surface area contributed by atoms with Gasteiger partial charge in [-0.1, -0.05) is 53.0 Å². The summed E-state index contributed by atoms with van der Waals surface area (Å²) >= 11 is 17.6. The summed E-state index contributed by atoms with van der Waals surface area (Å²) in [7, 11) is 1.61. The second kappa shape index (κ2) is 6.25. The SMILES string of the molecule is C=CC1CC(c2cccc(OC)c2)OC(C(Cl)(Cl)Cl)=N1. The van der Waals surface area contributed by atoms with E-state index in [0.29, 0.717) is 6.42 Å². The normalized spacial score (nSPS) is 22.7. The Morgan fingerprint density at radius 3 is 2.80 bits per heavy atom. The third-order valence-corrected chi connectivity index (χ3v) is 3.46. The Hall–Kier alpha value is -0.900. The van der Waals surface area contributed by atoms with Crippen molar-refractivity contribution in [3.8, 4) is 5.75 Å². The Bertz CT molecular complexity index is 525. The quantitative estimate of drug-likeness (QED) is 0.603. The Morgan fingerprint density at radius 2 is 2.20 bits per heavy atom. The lowest BCUT2D eigenvalue weighted by atomic mass is 10.0. The molecule has 2 atom stereocenters. The molecule has 0 bridgehead atoms. The van der Waals surface area contributed by atoms with Crippen molar-refractivity contribution in [1.29, 1.82) is 0 Å². The minimum Gasteiger partial charge on any atom is -0.497 e. The molecule has 1 aromatic rings. The van der Waals surface area contributed by atoms with Crippen LogP contribution in [0.3, 0.4) is 0 Å². The van der Waals surface area contributed by atoms with Gasteiger partial charge in [-0.3, -0.25) is 0 Å². The van der Waals surface area contributed by atoms with Crippen LogP contribution in [0.25, 0.3) is 0 Å². The lowest BCUT2D eigenvalue weighted by molar-refractivity contribution is 0.155. The number of methoxy groups -OCH3 is 1. The van der Waals surface area contributed by atoms with E-state index in [1.54, 1.807) is 13.2 Å². The van der Waals surface area contributed by atoms with Crippen LogP contribution in [-0.2, 0) is 4.74 Å². The van der Waals surface area contributed by atoms with E-state index in [-0.39, 0.29) is 18.0 Å². The number of hydrogen-bond donors (Lipinski definition) is 0. The molecule has 108 valence electrons. The molecule has 0 amide bonds. The number of aliphatic imine (C=N–C) groups is 1. The Morgan fingerprint density at radius 1 is 1.45 bits per heavy atom. The summed E-state index contributed by atoms with van der Waals surface area (Å²) in [5, 5.41) is 0. The molecule has 0 saturated heterocycles. The van der Waals surface area contributed by atoms with E-state index in [2.05, 4.69) is 11.6 Å². The second-order valence-corrected chi connectivity index (χ2v) is 6.64. The molecule has 2 rings (SSSR count). The fourth-order valence-corrected chi connectivity index (χ4v) is 2.25. The molecule has 20 heavy (non-hydrogen) atoms. The maximum atomic E-state index is 5.86. The van der Waals surface area contributed by atoms with Gasteiger partial charge >= 0.3 is 0 Å². The first-order valence-corrected chi connectivity index (χ1v) is 7.15. The van der Waals surface area contributed by atoms with Crippen LogP contribution in [0.2, 0.25) is 0 Å². The van der Waals surface area contributed by atoms with Crippen LogP contribution in [0, 0.1) is 0 Å². The number of nitrogens with zero attached hydrogens (tertiary/aromatic N) is 1. The van der Waals surface area contributed by atoms with E-state index in [1.165, 1.54) is 0 Å². The van der Waals surface area contributed by atoms with E-state index in [9.17, 15) is 0 Å². The standard InChI is InChI=1S/C14H14Cl3NO2/c1-3-10-8-12(20-13(18-10)14(15,16)17)9-5-4-6-11(7-9)19-2/h3-7,10,12H,1,8H2,2H3. The summed E-state index contributed by atoms with van der Waals surface area (Å²) < 4.78 is 9.25. The third-order valence-electron chi connectivity index (χ3n) is 2.97. The molecule has 0 N–H and O–H groups in total. The molecule has 0 aliphatic carbocycles. The molecule has 0 radical (unpaired) electrons. The average molecular weight is 335 g/mol. The van der Waals surface area contributed by atoms with Gasteiger partial charge < -0.3 is 9.47 Å². The maximum absolute atomic E-state index is 5.86. The number of halogens is 3. The fourth-order valence-electron chi connectivity index (χ4n) is 1.97. The van der Waals surface area contributed by atoms with Crippen molar-refractivity contribution in [3.05, 3.63) is 42.5 Å². The summed E-state index contributed by atoms with van der Waals surface area (Å²) in [6.07, 6.45) is 2.10. The zero-order valence-electron chi connectivity index (χ0n) is 10.9. The Kier molecular flexibility index (Phi) is 4.84. The molecule has 1 aliphatic rings. The first-order chi connectivity index (χ1) is 9.44.